The number of piperidine rings is 1. The molecular weight excluding hydrogens is 296 g/mol. The largest absolute Gasteiger partial charge is 0.329 e. The van der Waals surface area contributed by atoms with Gasteiger partial charge in [-0.3, -0.25) is 9.80 Å². The molecule has 0 amide bonds. The molecule has 3 rings (SSSR count). The quantitative estimate of drug-likeness (QED) is 0.865. The van der Waals surface area contributed by atoms with Crippen molar-refractivity contribution in [3.8, 4) is 0 Å². The predicted octanol–water partition coefficient (Wildman–Crippen LogP) is 2.01. The van der Waals surface area contributed by atoms with E-state index in [9.17, 15) is 0 Å². The maximum atomic E-state index is 6.34. The fourth-order valence-electron chi connectivity index (χ4n) is 4.50. The monoisotopic (exact) mass is 330 g/mol. The van der Waals surface area contributed by atoms with Crippen LogP contribution in [0, 0.1) is 0 Å². The van der Waals surface area contributed by atoms with E-state index < -0.39 is 0 Å². The third-order valence-electron chi connectivity index (χ3n) is 5.85. The standard InChI is InChI=1S/C20H34N4/c1-2-10-22-12-14-24(15-13-22)20(17-21)9-6-11-23(18-20)16-19-7-4-3-5-8-19/h3-5,7-8H,2,6,9-18,21H2,1H3. The Labute approximate surface area is 147 Å². The lowest BCUT2D eigenvalue weighted by molar-refractivity contribution is -0.0152. The summed E-state index contributed by atoms with van der Waals surface area (Å²) in [5.74, 6) is 0. The van der Waals surface area contributed by atoms with Crippen LogP contribution in [-0.2, 0) is 6.54 Å². The van der Waals surface area contributed by atoms with Gasteiger partial charge in [-0.25, -0.2) is 0 Å². The Bertz CT molecular complexity index is 484. The minimum atomic E-state index is 0.186. The topological polar surface area (TPSA) is 35.7 Å². The number of rotatable bonds is 6. The van der Waals surface area contributed by atoms with E-state index >= 15 is 0 Å². The Morgan fingerprint density at radius 1 is 1.00 bits per heavy atom. The second kappa shape index (κ2) is 8.43. The summed E-state index contributed by atoms with van der Waals surface area (Å²) in [5.41, 5.74) is 7.94. The van der Waals surface area contributed by atoms with Crippen molar-refractivity contribution in [2.24, 2.45) is 5.73 Å². The SMILES string of the molecule is CCCN1CCN(C2(CN)CCCN(Cc3ccccc3)C2)CC1. The molecule has 2 aliphatic heterocycles. The molecule has 0 bridgehead atoms. The first kappa shape index (κ1) is 17.9. The molecule has 0 radical (unpaired) electrons. The van der Waals surface area contributed by atoms with Crippen LogP contribution in [0.3, 0.4) is 0 Å². The summed E-state index contributed by atoms with van der Waals surface area (Å²) in [6.45, 7) is 12.4. The Balaban J connectivity index is 1.61. The van der Waals surface area contributed by atoms with Crippen LogP contribution in [0.4, 0.5) is 0 Å². The molecule has 2 saturated heterocycles. The van der Waals surface area contributed by atoms with Crippen LogP contribution in [0.15, 0.2) is 30.3 Å². The number of benzene rings is 1. The molecule has 0 aromatic heterocycles. The molecule has 0 aliphatic carbocycles. The molecule has 0 spiro atoms. The number of nitrogens with two attached hydrogens (primary N) is 1. The average Bonchev–Trinajstić information content (AvgIpc) is 2.63. The molecule has 1 atom stereocenters. The molecular formula is C20H34N4. The zero-order valence-electron chi connectivity index (χ0n) is 15.3. The van der Waals surface area contributed by atoms with Gasteiger partial charge in [0.15, 0.2) is 0 Å². The molecule has 2 fully saturated rings. The van der Waals surface area contributed by atoms with Crippen molar-refractivity contribution in [2.75, 3.05) is 52.4 Å². The van der Waals surface area contributed by atoms with E-state index in [0.717, 1.165) is 19.6 Å². The highest BCUT2D eigenvalue weighted by atomic mass is 15.3. The van der Waals surface area contributed by atoms with Crippen LogP contribution in [0.25, 0.3) is 0 Å². The van der Waals surface area contributed by atoms with Gasteiger partial charge in [-0.2, -0.15) is 0 Å². The highest BCUT2D eigenvalue weighted by Crippen LogP contribution is 2.29. The van der Waals surface area contributed by atoms with Gasteiger partial charge in [-0.1, -0.05) is 37.3 Å². The summed E-state index contributed by atoms with van der Waals surface area (Å²) < 4.78 is 0. The molecule has 24 heavy (non-hydrogen) atoms. The summed E-state index contributed by atoms with van der Waals surface area (Å²) in [5, 5.41) is 0. The molecule has 2 N–H and O–H groups in total. The van der Waals surface area contributed by atoms with Crippen LogP contribution in [0.2, 0.25) is 0 Å². The Morgan fingerprint density at radius 2 is 1.75 bits per heavy atom. The van der Waals surface area contributed by atoms with Gasteiger partial charge < -0.3 is 10.6 Å². The zero-order valence-corrected chi connectivity index (χ0v) is 15.3. The number of hydrogen-bond donors (Lipinski definition) is 1. The lowest BCUT2D eigenvalue weighted by Crippen LogP contribution is -2.66. The van der Waals surface area contributed by atoms with Gasteiger partial charge >= 0.3 is 0 Å². The summed E-state index contributed by atoms with van der Waals surface area (Å²) in [6.07, 6.45) is 3.77. The Hall–Kier alpha value is -0.940. The minimum Gasteiger partial charge on any atom is -0.329 e. The lowest BCUT2D eigenvalue weighted by atomic mass is 9.86. The molecule has 1 aromatic carbocycles. The second-order valence-electron chi connectivity index (χ2n) is 7.56. The Morgan fingerprint density at radius 3 is 2.42 bits per heavy atom. The molecule has 1 aromatic rings. The van der Waals surface area contributed by atoms with Gasteiger partial charge in [0.1, 0.15) is 0 Å². The van der Waals surface area contributed by atoms with Crippen molar-refractivity contribution < 1.29 is 0 Å². The van der Waals surface area contributed by atoms with Crippen molar-refractivity contribution in [3.63, 3.8) is 0 Å². The Kier molecular flexibility index (Phi) is 6.28. The summed E-state index contributed by atoms with van der Waals surface area (Å²) in [7, 11) is 0. The lowest BCUT2D eigenvalue weighted by Gasteiger charge is -2.52. The van der Waals surface area contributed by atoms with Crippen molar-refractivity contribution in [1.29, 1.82) is 0 Å². The second-order valence-corrected chi connectivity index (χ2v) is 7.56. The molecule has 2 heterocycles. The molecule has 1 unspecified atom stereocenters. The van der Waals surface area contributed by atoms with E-state index in [1.165, 1.54) is 64.1 Å². The van der Waals surface area contributed by atoms with Crippen LogP contribution < -0.4 is 5.73 Å². The summed E-state index contributed by atoms with van der Waals surface area (Å²) in [6, 6.07) is 10.9. The van der Waals surface area contributed by atoms with E-state index in [2.05, 4.69) is 52.0 Å². The van der Waals surface area contributed by atoms with Crippen LogP contribution in [-0.4, -0.2) is 72.6 Å². The van der Waals surface area contributed by atoms with E-state index in [-0.39, 0.29) is 5.54 Å². The normalized spacial score (nSPS) is 27.4. The molecule has 2 aliphatic rings. The number of nitrogens with zero attached hydrogens (tertiary/aromatic N) is 3. The van der Waals surface area contributed by atoms with Crippen molar-refractivity contribution >= 4 is 0 Å². The number of likely N-dealkylation sites (tertiary alicyclic amines) is 1. The average molecular weight is 331 g/mol. The molecule has 4 heteroatoms. The first-order chi connectivity index (χ1) is 11.8. The van der Waals surface area contributed by atoms with Crippen LogP contribution >= 0.6 is 0 Å². The van der Waals surface area contributed by atoms with Gasteiger partial charge in [0.25, 0.3) is 0 Å². The van der Waals surface area contributed by atoms with Crippen molar-refractivity contribution in [1.82, 2.24) is 14.7 Å². The smallest absolute Gasteiger partial charge is 0.0460 e. The third-order valence-corrected chi connectivity index (χ3v) is 5.85. The van der Waals surface area contributed by atoms with E-state index in [4.69, 9.17) is 5.73 Å². The van der Waals surface area contributed by atoms with E-state index in [1.54, 1.807) is 0 Å². The molecule has 134 valence electrons. The minimum absolute atomic E-state index is 0.186. The van der Waals surface area contributed by atoms with Crippen LogP contribution in [0.5, 0.6) is 0 Å². The van der Waals surface area contributed by atoms with Crippen molar-refractivity contribution in [3.05, 3.63) is 35.9 Å². The van der Waals surface area contributed by atoms with Gasteiger partial charge in [0.05, 0.1) is 0 Å². The predicted molar refractivity (Wildman–Crippen MR) is 101 cm³/mol. The fraction of sp³-hybridized carbons (Fsp3) is 0.700. The number of piperazine rings is 1. The first-order valence-corrected chi connectivity index (χ1v) is 9.69. The van der Waals surface area contributed by atoms with Crippen molar-refractivity contribution in [2.45, 2.75) is 38.3 Å². The summed E-state index contributed by atoms with van der Waals surface area (Å²) >= 11 is 0. The maximum Gasteiger partial charge on any atom is 0.0460 e. The highest BCUT2D eigenvalue weighted by Gasteiger charge is 2.40. The molecule has 0 saturated carbocycles. The van der Waals surface area contributed by atoms with Gasteiger partial charge in [0.2, 0.25) is 0 Å². The van der Waals surface area contributed by atoms with Gasteiger partial charge in [-0.15, -0.1) is 0 Å². The summed E-state index contributed by atoms with van der Waals surface area (Å²) in [4.78, 5) is 7.92. The zero-order chi connectivity index (χ0) is 16.8. The van der Waals surface area contributed by atoms with E-state index in [1.807, 2.05) is 0 Å². The number of hydrogen-bond acceptors (Lipinski definition) is 4. The third kappa shape index (κ3) is 4.17. The fourth-order valence-corrected chi connectivity index (χ4v) is 4.50. The van der Waals surface area contributed by atoms with Crippen LogP contribution in [0.1, 0.15) is 31.7 Å². The van der Waals surface area contributed by atoms with Gasteiger partial charge in [0, 0.05) is 51.4 Å². The molecule has 4 nitrogen and oxygen atoms in total. The van der Waals surface area contributed by atoms with E-state index in [0.29, 0.717) is 0 Å². The highest BCUT2D eigenvalue weighted by molar-refractivity contribution is 5.15. The van der Waals surface area contributed by atoms with Gasteiger partial charge in [-0.05, 0) is 37.9 Å². The first-order valence-electron chi connectivity index (χ1n) is 9.69. The maximum absolute atomic E-state index is 6.34.